The Labute approximate surface area is 122 Å². The molecule has 0 aliphatic carbocycles. The largest absolute Gasteiger partial charge is 0.322 e. The summed E-state index contributed by atoms with van der Waals surface area (Å²) in [6.45, 7) is 4.47. The Kier molecular flexibility index (Phi) is 2.53. The number of nitrogens with zero attached hydrogens (tertiary/aromatic N) is 3. The molecular formula is C16H16N4O. The Morgan fingerprint density at radius 3 is 3.00 bits per heavy atom. The molecule has 1 aromatic heterocycles. The molecule has 2 aromatic rings. The summed E-state index contributed by atoms with van der Waals surface area (Å²) in [6, 6.07) is 8.21. The van der Waals surface area contributed by atoms with Crippen LogP contribution >= 0.6 is 0 Å². The number of imidazole rings is 1. The fraction of sp³-hybridized carbons (Fsp3) is 0.250. The van der Waals surface area contributed by atoms with Crippen molar-refractivity contribution in [2.24, 2.45) is 11.8 Å². The van der Waals surface area contributed by atoms with Crippen LogP contribution in [0.4, 0.5) is 0 Å². The van der Waals surface area contributed by atoms with E-state index in [-0.39, 0.29) is 17.7 Å². The first kappa shape index (κ1) is 12.3. The SMILES string of the molecule is C=C1C(=O)C(C2c3ccccc3-c3cncn32)CCN1N. The van der Waals surface area contributed by atoms with Crippen LogP contribution in [0.25, 0.3) is 11.3 Å². The lowest BCUT2D eigenvalue weighted by molar-refractivity contribution is -0.123. The second kappa shape index (κ2) is 4.30. The number of carbonyl (C=O) groups excluding carboxylic acids is 1. The van der Waals surface area contributed by atoms with Gasteiger partial charge in [0.2, 0.25) is 0 Å². The molecule has 5 nitrogen and oxygen atoms in total. The zero-order valence-electron chi connectivity index (χ0n) is 11.6. The van der Waals surface area contributed by atoms with Crippen LogP contribution in [0.1, 0.15) is 18.0 Å². The van der Waals surface area contributed by atoms with Crippen LogP contribution < -0.4 is 5.84 Å². The molecule has 0 spiro atoms. The number of hydrogen-bond donors (Lipinski definition) is 1. The molecular weight excluding hydrogens is 264 g/mol. The van der Waals surface area contributed by atoms with Gasteiger partial charge in [-0.1, -0.05) is 30.8 Å². The van der Waals surface area contributed by atoms with Crippen LogP contribution in [0.2, 0.25) is 0 Å². The van der Waals surface area contributed by atoms with Gasteiger partial charge >= 0.3 is 0 Å². The van der Waals surface area contributed by atoms with E-state index in [4.69, 9.17) is 5.84 Å². The summed E-state index contributed by atoms with van der Waals surface area (Å²) in [5.74, 6) is 5.69. The summed E-state index contributed by atoms with van der Waals surface area (Å²) >= 11 is 0. The predicted octanol–water partition coefficient (Wildman–Crippen LogP) is 1.73. The summed E-state index contributed by atoms with van der Waals surface area (Å²) in [5, 5.41) is 1.45. The van der Waals surface area contributed by atoms with Crippen LogP contribution in [-0.4, -0.2) is 26.9 Å². The zero-order chi connectivity index (χ0) is 14.6. The molecule has 0 saturated carbocycles. The number of hydrazine groups is 1. The number of benzene rings is 1. The highest BCUT2D eigenvalue weighted by atomic mass is 16.1. The monoisotopic (exact) mass is 280 g/mol. The molecule has 1 fully saturated rings. The first-order valence-corrected chi connectivity index (χ1v) is 7.05. The molecule has 0 radical (unpaired) electrons. The van der Waals surface area contributed by atoms with E-state index >= 15 is 0 Å². The third-order valence-corrected chi connectivity index (χ3v) is 4.55. The lowest BCUT2D eigenvalue weighted by Crippen LogP contribution is -2.44. The zero-order valence-corrected chi connectivity index (χ0v) is 11.6. The van der Waals surface area contributed by atoms with E-state index in [1.54, 1.807) is 0 Å². The normalized spacial score (nSPS) is 24.1. The van der Waals surface area contributed by atoms with Crippen LogP contribution in [-0.2, 0) is 4.79 Å². The molecule has 4 rings (SSSR count). The van der Waals surface area contributed by atoms with Gasteiger partial charge in [-0.05, 0) is 12.0 Å². The van der Waals surface area contributed by atoms with Crippen LogP contribution in [0, 0.1) is 5.92 Å². The van der Waals surface area contributed by atoms with Crippen molar-refractivity contribution >= 4 is 5.78 Å². The van der Waals surface area contributed by atoms with Gasteiger partial charge in [0.1, 0.15) is 0 Å². The van der Waals surface area contributed by atoms with Crippen LogP contribution in [0.3, 0.4) is 0 Å². The number of aromatic nitrogens is 2. The predicted molar refractivity (Wildman–Crippen MR) is 78.9 cm³/mol. The molecule has 2 atom stereocenters. The number of Topliss-reactive ketones (excluding diaryl/α,β-unsaturated/α-hetero) is 1. The number of fused-ring (bicyclic) bond motifs is 3. The molecule has 5 heteroatoms. The van der Waals surface area contributed by atoms with Gasteiger partial charge in [-0.2, -0.15) is 0 Å². The number of piperidine rings is 1. The topological polar surface area (TPSA) is 64.2 Å². The smallest absolute Gasteiger partial charge is 0.185 e. The van der Waals surface area contributed by atoms with Crippen molar-refractivity contribution in [2.75, 3.05) is 6.54 Å². The van der Waals surface area contributed by atoms with Gasteiger partial charge < -0.3 is 9.58 Å². The van der Waals surface area contributed by atoms with Crippen LogP contribution in [0.15, 0.2) is 49.1 Å². The number of nitrogens with two attached hydrogens (primary N) is 1. The second-order valence-electron chi connectivity index (χ2n) is 5.62. The Bertz CT molecular complexity index is 748. The van der Waals surface area contributed by atoms with E-state index in [0.717, 1.165) is 17.7 Å². The van der Waals surface area contributed by atoms with Gasteiger partial charge in [-0.15, -0.1) is 0 Å². The van der Waals surface area contributed by atoms with Crippen LogP contribution in [0.5, 0.6) is 0 Å². The number of ketones is 1. The Morgan fingerprint density at radius 2 is 2.14 bits per heavy atom. The lowest BCUT2D eigenvalue weighted by atomic mass is 9.83. The van der Waals surface area contributed by atoms with E-state index in [1.165, 1.54) is 10.6 Å². The fourth-order valence-corrected chi connectivity index (χ4v) is 3.48. The van der Waals surface area contributed by atoms with E-state index < -0.39 is 0 Å². The van der Waals surface area contributed by atoms with Crippen molar-refractivity contribution in [3.63, 3.8) is 0 Å². The average Bonchev–Trinajstić information content (AvgIpc) is 3.07. The molecule has 0 bridgehead atoms. The van der Waals surface area contributed by atoms with Gasteiger partial charge in [0, 0.05) is 12.1 Å². The molecule has 0 amide bonds. The van der Waals surface area contributed by atoms with E-state index in [1.807, 2.05) is 24.7 Å². The minimum absolute atomic E-state index is 0.00310. The highest BCUT2D eigenvalue weighted by molar-refractivity contribution is 5.97. The summed E-state index contributed by atoms with van der Waals surface area (Å²) in [6.07, 6.45) is 4.39. The molecule has 106 valence electrons. The van der Waals surface area contributed by atoms with Crippen molar-refractivity contribution < 1.29 is 4.79 Å². The Hall–Kier alpha value is -2.40. The molecule has 2 N–H and O–H groups in total. The number of hydrogen-bond acceptors (Lipinski definition) is 4. The van der Waals surface area contributed by atoms with Crippen molar-refractivity contribution in [2.45, 2.75) is 12.5 Å². The van der Waals surface area contributed by atoms with E-state index in [9.17, 15) is 4.79 Å². The Morgan fingerprint density at radius 1 is 1.33 bits per heavy atom. The maximum atomic E-state index is 12.6. The average molecular weight is 280 g/mol. The van der Waals surface area contributed by atoms with Gasteiger partial charge in [0.05, 0.1) is 35.9 Å². The van der Waals surface area contributed by atoms with E-state index in [2.05, 4.69) is 28.3 Å². The van der Waals surface area contributed by atoms with Gasteiger partial charge in [0.25, 0.3) is 0 Å². The molecule has 1 saturated heterocycles. The van der Waals surface area contributed by atoms with Gasteiger partial charge in [-0.25, -0.2) is 10.8 Å². The molecule has 2 aliphatic heterocycles. The molecule has 21 heavy (non-hydrogen) atoms. The summed E-state index contributed by atoms with van der Waals surface area (Å²) in [5.41, 5.74) is 3.82. The number of carbonyl (C=O) groups is 1. The quantitative estimate of drug-likeness (QED) is 0.638. The maximum Gasteiger partial charge on any atom is 0.185 e. The Balaban J connectivity index is 1.83. The minimum atomic E-state index is -0.131. The first-order valence-electron chi connectivity index (χ1n) is 7.05. The summed E-state index contributed by atoms with van der Waals surface area (Å²) < 4.78 is 2.10. The standard InChI is InChI=1S/C16H16N4O/c1-10-16(21)13(6-7-20(10)17)15-12-5-3-2-4-11(12)14-8-18-9-19(14)15/h2-5,8-9,13,15H,1,6-7,17H2. The molecule has 2 unspecified atom stereocenters. The van der Waals surface area contributed by atoms with Gasteiger partial charge in [-0.3, -0.25) is 4.79 Å². The lowest BCUT2D eigenvalue weighted by Gasteiger charge is -2.34. The first-order chi connectivity index (χ1) is 10.2. The third kappa shape index (κ3) is 1.61. The van der Waals surface area contributed by atoms with Crippen molar-refractivity contribution in [3.8, 4) is 11.3 Å². The minimum Gasteiger partial charge on any atom is -0.322 e. The third-order valence-electron chi connectivity index (χ3n) is 4.55. The summed E-state index contributed by atoms with van der Waals surface area (Å²) in [4.78, 5) is 16.9. The number of allylic oxidation sites excluding steroid dienone is 1. The highest BCUT2D eigenvalue weighted by Gasteiger charge is 2.41. The number of rotatable bonds is 1. The van der Waals surface area contributed by atoms with E-state index in [0.29, 0.717) is 12.2 Å². The summed E-state index contributed by atoms with van der Waals surface area (Å²) in [7, 11) is 0. The van der Waals surface area contributed by atoms with Crippen molar-refractivity contribution in [3.05, 3.63) is 54.6 Å². The molecule has 2 aliphatic rings. The van der Waals surface area contributed by atoms with Gasteiger partial charge in [0.15, 0.2) is 5.78 Å². The molecule has 1 aromatic carbocycles. The maximum absolute atomic E-state index is 12.6. The van der Waals surface area contributed by atoms with Crippen molar-refractivity contribution in [1.29, 1.82) is 0 Å². The second-order valence-corrected chi connectivity index (χ2v) is 5.62. The van der Waals surface area contributed by atoms with Crippen molar-refractivity contribution in [1.82, 2.24) is 14.6 Å². The molecule has 3 heterocycles. The highest BCUT2D eigenvalue weighted by Crippen LogP contribution is 2.45. The fourth-order valence-electron chi connectivity index (χ4n) is 3.48.